The number of benzene rings is 2. The summed E-state index contributed by atoms with van der Waals surface area (Å²) < 4.78 is 43.1. The molecule has 1 aromatic heterocycles. The van der Waals surface area contributed by atoms with Gasteiger partial charge in [0, 0.05) is 17.3 Å². The minimum atomic E-state index is -3.95. The Bertz CT molecular complexity index is 1180. The Morgan fingerprint density at radius 1 is 1.00 bits per heavy atom. The third-order valence-corrected chi connectivity index (χ3v) is 5.51. The van der Waals surface area contributed by atoms with Gasteiger partial charge in [-0.3, -0.25) is 9.52 Å². The Hall–Kier alpha value is -3.86. The van der Waals surface area contributed by atoms with Crippen molar-refractivity contribution in [2.45, 2.75) is 11.8 Å². The molecule has 0 unspecified atom stereocenters. The average molecular weight is 458 g/mol. The van der Waals surface area contributed by atoms with Gasteiger partial charge in [-0.15, -0.1) is 0 Å². The van der Waals surface area contributed by atoms with Crippen molar-refractivity contribution in [1.82, 2.24) is 9.97 Å². The predicted octanol–water partition coefficient (Wildman–Crippen LogP) is 2.95. The SMILES string of the molecule is CCOc1cccc(C(=O)Nc2ccc(S(=O)(=O)Nc3cc(OC)nc(OC)n3)cc2)c1. The van der Waals surface area contributed by atoms with Crippen molar-refractivity contribution in [3.8, 4) is 17.6 Å². The second-order valence-electron chi connectivity index (χ2n) is 6.33. The molecular formula is C21H22N4O6S. The van der Waals surface area contributed by atoms with Gasteiger partial charge in [0.25, 0.3) is 15.9 Å². The first-order valence-electron chi connectivity index (χ1n) is 9.48. The maximum Gasteiger partial charge on any atom is 0.321 e. The van der Waals surface area contributed by atoms with Crippen molar-refractivity contribution in [2.75, 3.05) is 30.9 Å². The fourth-order valence-corrected chi connectivity index (χ4v) is 3.66. The number of nitrogens with zero attached hydrogens (tertiary/aromatic N) is 2. The zero-order valence-electron chi connectivity index (χ0n) is 17.7. The van der Waals surface area contributed by atoms with E-state index >= 15 is 0 Å². The largest absolute Gasteiger partial charge is 0.494 e. The van der Waals surface area contributed by atoms with Crippen molar-refractivity contribution < 1.29 is 27.4 Å². The van der Waals surface area contributed by atoms with Crippen LogP contribution in [0.5, 0.6) is 17.6 Å². The Kier molecular flexibility index (Phi) is 7.11. The summed E-state index contributed by atoms with van der Waals surface area (Å²) in [6, 6.07) is 13.7. The summed E-state index contributed by atoms with van der Waals surface area (Å²) in [4.78, 5) is 20.3. The minimum Gasteiger partial charge on any atom is -0.494 e. The summed E-state index contributed by atoms with van der Waals surface area (Å²) in [6.07, 6.45) is 0. The lowest BCUT2D eigenvalue weighted by Gasteiger charge is -2.11. The lowest BCUT2D eigenvalue weighted by atomic mass is 10.2. The van der Waals surface area contributed by atoms with Gasteiger partial charge in [0.1, 0.15) is 5.75 Å². The molecule has 0 aliphatic carbocycles. The van der Waals surface area contributed by atoms with Crippen molar-refractivity contribution >= 4 is 27.4 Å². The van der Waals surface area contributed by atoms with Gasteiger partial charge in [-0.2, -0.15) is 9.97 Å². The summed E-state index contributed by atoms with van der Waals surface area (Å²) in [5, 5.41) is 2.72. The van der Waals surface area contributed by atoms with E-state index in [9.17, 15) is 13.2 Å². The van der Waals surface area contributed by atoms with Crippen LogP contribution in [-0.4, -0.2) is 45.1 Å². The van der Waals surface area contributed by atoms with E-state index in [-0.39, 0.29) is 28.5 Å². The van der Waals surface area contributed by atoms with E-state index in [1.807, 2.05) is 6.92 Å². The Morgan fingerprint density at radius 3 is 2.41 bits per heavy atom. The van der Waals surface area contributed by atoms with E-state index in [0.717, 1.165) is 0 Å². The summed E-state index contributed by atoms with van der Waals surface area (Å²) in [5.74, 6) is 0.368. The van der Waals surface area contributed by atoms with Crippen molar-refractivity contribution in [3.63, 3.8) is 0 Å². The van der Waals surface area contributed by atoms with Crippen LogP contribution in [0, 0.1) is 0 Å². The molecule has 0 saturated heterocycles. The molecule has 11 heteroatoms. The van der Waals surface area contributed by atoms with Crippen molar-refractivity contribution in [1.29, 1.82) is 0 Å². The number of hydrogen-bond donors (Lipinski definition) is 2. The van der Waals surface area contributed by atoms with Gasteiger partial charge in [-0.25, -0.2) is 8.42 Å². The molecule has 0 radical (unpaired) electrons. The first kappa shape index (κ1) is 22.8. The predicted molar refractivity (Wildman–Crippen MR) is 118 cm³/mol. The van der Waals surface area contributed by atoms with E-state index in [0.29, 0.717) is 23.6 Å². The smallest absolute Gasteiger partial charge is 0.321 e. The molecule has 3 aromatic rings. The molecule has 2 N–H and O–H groups in total. The molecule has 0 saturated carbocycles. The highest BCUT2D eigenvalue weighted by Crippen LogP contribution is 2.22. The molecule has 0 bridgehead atoms. The van der Waals surface area contributed by atoms with Gasteiger partial charge in [0.15, 0.2) is 5.82 Å². The number of carbonyl (C=O) groups is 1. The molecule has 0 fully saturated rings. The molecule has 32 heavy (non-hydrogen) atoms. The molecule has 1 heterocycles. The number of aromatic nitrogens is 2. The van der Waals surface area contributed by atoms with Crippen LogP contribution >= 0.6 is 0 Å². The number of amides is 1. The maximum absolute atomic E-state index is 12.7. The number of rotatable bonds is 9. The quantitative estimate of drug-likeness (QED) is 0.501. The summed E-state index contributed by atoms with van der Waals surface area (Å²) in [6.45, 7) is 2.35. The zero-order chi connectivity index (χ0) is 23.1. The fourth-order valence-electron chi connectivity index (χ4n) is 2.66. The van der Waals surface area contributed by atoms with Crippen LogP contribution in [0.3, 0.4) is 0 Å². The van der Waals surface area contributed by atoms with Crippen LogP contribution in [0.15, 0.2) is 59.5 Å². The van der Waals surface area contributed by atoms with Crippen molar-refractivity contribution in [2.24, 2.45) is 0 Å². The molecule has 168 valence electrons. The third kappa shape index (κ3) is 5.64. The lowest BCUT2D eigenvalue weighted by Crippen LogP contribution is -2.15. The van der Waals surface area contributed by atoms with E-state index in [1.165, 1.54) is 44.6 Å². The Balaban J connectivity index is 1.73. The average Bonchev–Trinajstić information content (AvgIpc) is 2.79. The van der Waals surface area contributed by atoms with Gasteiger partial charge in [0.05, 0.1) is 25.7 Å². The summed E-state index contributed by atoms with van der Waals surface area (Å²) >= 11 is 0. The second-order valence-corrected chi connectivity index (χ2v) is 8.01. The highest BCUT2D eigenvalue weighted by molar-refractivity contribution is 7.92. The van der Waals surface area contributed by atoms with Crippen LogP contribution < -0.4 is 24.2 Å². The lowest BCUT2D eigenvalue weighted by molar-refractivity contribution is 0.102. The maximum atomic E-state index is 12.7. The number of methoxy groups -OCH3 is 2. The van der Waals surface area contributed by atoms with E-state index in [4.69, 9.17) is 14.2 Å². The van der Waals surface area contributed by atoms with E-state index in [1.54, 1.807) is 24.3 Å². The van der Waals surface area contributed by atoms with Crippen LogP contribution in [0.25, 0.3) is 0 Å². The van der Waals surface area contributed by atoms with E-state index in [2.05, 4.69) is 20.0 Å². The topological polar surface area (TPSA) is 129 Å². The highest BCUT2D eigenvalue weighted by atomic mass is 32.2. The summed E-state index contributed by atoms with van der Waals surface area (Å²) in [7, 11) is -1.21. The van der Waals surface area contributed by atoms with Gasteiger partial charge >= 0.3 is 6.01 Å². The molecule has 3 rings (SSSR count). The molecule has 10 nitrogen and oxygen atoms in total. The first-order valence-corrected chi connectivity index (χ1v) is 11.0. The molecule has 0 atom stereocenters. The standard InChI is InChI=1S/C21H22N4O6S/c1-4-31-16-7-5-6-14(12-16)20(26)22-15-8-10-17(11-9-15)32(27,28)25-18-13-19(29-2)24-21(23-18)30-3/h5-13H,4H2,1-3H3,(H,22,26)(H,23,24,25). The fraction of sp³-hybridized carbons (Fsp3) is 0.190. The van der Waals surface area contributed by atoms with Crippen LogP contribution in [0.2, 0.25) is 0 Å². The first-order chi connectivity index (χ1) is 15.3. The van der Waals surface area contributed by atoms with Crippen LogP contribution in [-0.2, 0) is 10.0 Å². The Morgan fingerprint density at radius 2 is 1.75 bits per heavy atom. The van der Waals surface area contributed by atoms with E-state index < -0.39 is 10.0 Å². The van der Waals surface area contributed by atoms with Crippen LogP contribution in [0.1, 0.15) is 17.3 Å². The van der Waals surface area contributed by atoms with Gasteiger partial charge in [-0.1, -0.05) is 6.07 Å². The third-order valence-electron chi connectivity index (χ3n) is 4.14. The highest BCUT2D eigenvalue weighted by Gasteiger charge is 2.17. The molecule has 0 spiro atoms. The Labute approximate surface area is 185 Å². The molecule has 1 amide bonds. The zero-order valence-corrected chi connectivity index (χ0v) is 18.5. The number of ether oxygens (including phenoxy) is 3. The van der Waals surface area contributed by atoms with Crippen LogP contribution in [0.4, 0.5) is 11.5 Å². The second kappa shape index (κ2) is 9.96. The number of sulfonamides is 1. The summed E-state index contributed by atoms with van der Waals surface area (Å²) in [5.41, 5.74) is 0.849. The monoisotopic (exact) mass is 458 g/mol. The molecule has 0 aliphatic heterocycles. The normalized spacial score (nSPS) is 10.8. The van der Waals surface area contributed by atoms with Gasteiger partial charge < -0.3 is 19.5 Å². The number of hydrogen-bond acceptors (Lipinski definition) is 8. The number of nitrogens with one attached hydrogen (secondary N) is 2. The molecular weight excluding hydrogens is 436 g/mol. The minimum absolute atomic E-state index is 0.0136. The van der Waals surface area contributed by atoms with Gasteiger partial charge in [0.2, 0.25) is 5.88 Å². The molecule has 0 aliphatic rings. The molecule has 2 aromatic carbocycles. The number of carbonyl (C=O) groups excluding carboxylic acids is 1. The number of anilines is 2. The van der Waals surface area contributed by atoms with Crippen molar-refractivity contribution in [3.05, 3.63) is 60.2 Å². The van der Waals surface area contributed by atoms with Gasteiger partial charge in [-0.05, 0) is 49.4 Å².